The van der Waals surface area contributed by atoms with Crippen LogP contribution in [0.2, 0.25) is 0 Å². The number of aliphatic hydroxyl groups is 1. The molecule has 47 heavy (non-hydrogen) atoms. The van der Waals surface area contributed by atoms with Crippen molar-refractivity contribution >= 4 is 26.8 Å². The van der Waals surface area contributed by atoms with Gasteiger partial charge in [-0.3, -0.25) is 18.6 Å². The molecule has 3 aromatic heterocycles. The van der Waals surface area contributed by atoms with Crippen LogP contribution in [0.1, 0.15) is 41.3 Å². The summed E-state index contributed by atoms with van der Waals surface area (Å²) in [5.74, 6) is 0.586. The lowest BCUT2D eigenvalue weighted by Gasteiger charge is -2.15. The van der Waals surface area contributed by atoms with E-state index in [1.54, 1.807) is 59.5 Å². The van der Waals surface area contributed by atoms with Crippen molar-refractivity contribution in [1.29, 1.82) is 0 Å². The fourth-order valence-electron chi connectivity index (χ4n) is 5.34. The van der Waals surface area contributed by atoms with Gasteiger partial charge >= 0.3 is 0 Å². The maximum absolute atomic E-state index is 15.1. The van der Waals surface area contributed by atoms with Crippen LogP contribution in [0.3, 0.4) is 0 Å². The Morgan fingerprint density at radius 1 is 1.02 bits per heavy atom. The van der Waals surface area contributed by atoms with Crippen LogP contribution >= 0.6 is 0 Å². The second-order valence-electron chi connectivity index (χ2n) is 11.1. The third kappa shape index (κ3) is 6.94. The van der Waals surface area contributed by atoms with Gasteiger partial charge in [-0.15, -0.1) is 0 Å². The highest BCUT2D eigenvalue weighted by Crippen LogP contribution is 2.41. The summed E-state index contributed by atoms with van der Waals surface area (Å²) in [6.45, 7) is -0.400. The predicted molar refractivity (Wildman–Crippen MR) is 173 cm³/mol. The molecule has 4 N–H and O–H groups in total. The summed E-state index contributed by atoms with van der Waals surface area (Å²) in [7, 11) is -2.18. The molecule has 0 saturated heterocycles. The first-order valence-corrected chi connectivity index (χ1v) is 16.0. The minimum Gasteiger partial charge on any atom is -0.392 e. The number of nitrogens with zero attached hydrogens (tertiary/aromatic N) is 6. The van der Waals surface area contributed by atoms with E-state index in [2.05, 4.69) is 20.1 Å². The van der Waals surface area contributed by atoms with E-state index >= 15 is 4.39 Å². The fourth-order valence-corrected chi connectivity index (χ4v) is 5.84. The number of benzene rings is 3. The molecule has 1 aliphatic carbocycles. The van der Waals surface area contributed by atoms with Crippen molar-refractivity contribution in [3.8, 4) is 17.1 Å². The molecule has 3 aromatic carbocycles. The number of nitrogen functional groups attached to an aromatic ring is 1. The van der Waals surface area contributed by atoms with E-state index < -0.39 is 28.1 Å². The number of fused-ring (bicyclic) bond motifs is 1. The Bertz CT molecular complexity index is 2270. The molecule has 0 spiro atoms. The summed E-state index contributed by atoms with van der Waals surface area (Å²) in [5.41, 5.74) is 8.64. The third-order valence-corrected chi connectivity index (χ3v) is 8.57. The lowest BCUT2D eigenvalue weighted by molar-refractivity contribution is 0.282. The summed E-state index contributed by atoms with van der Waals surface area (Å²) in [6.07, 6.45) is 7.67. The van der Waals surface area contributed by atoms with Crippen molar-refractivity contribution in [3.05, 3.63) is 124 Å². The predicted octanol–water partition coefficient (Wildman–Crippen LogP) is 4.19. The number of halogens is 1. The molecular formula is C33H30FN7O5S. The molecule has 0 bridgehead atoms. The first-order valence-electron chi connectivity index (χ1n) is 14.6. The van der Waals surface area contributed by atoms with Crippen LogP contribution < -0.4 is 11.3 Å². The summed E-state index contributed by atoms with van der Waals surface area (Å²) in [6, 6.07) is 17.7. The molecule has 1 fully saturated rings. The van der Waals surface area contributed by atoms with Gasteiger partial charge in [-0.1, -0.05) is 36.4 Å². The quantitative estimate of drug-likeness (QED) is 0.211. The van der Waals surface area contributed by atoms with E-state index in [0.29, 0.717) is 40.4 Å². The molecule has 240 valence electrons. The summed E-state index contributed by atoms with van der Waals surface area (Å²) >= 11 is 0. The van der Waals surface area contributed by atoms with Crippen LogP contribution in [0.5, 0.6) is 0 Å². The van der Waals surface area contributed by atoms with Gasteiger partial charge in [0.05, 0.1) is 28.8 Å². The van der Waals surface area contributed by atoms with Gasteiger partial charge in [-0.25, -0.2) is 9.37 Å². The number of pyridine rings is 1. The molecular weight excluding hydrogens is 625 g/mol. The Balaban J connectivity index is 0.000000332. The summed E-state index contributed by atoms with van der Waals surface area (Å²) in [4.78, 5) is 26.5. The van der Waals surface area contributed by atoms with E-state index in [9.17, 15) is 18.3 Å². The molecule has 7 rings (SSSR count). The Hall–Kier alpha value is -5.31. The topological polar surface area (TPSA) is 179 Å². The largest absolute Gasteiger partial charge is 0.392 e. The highest BCUT2D eigenvalue weighted by atomic mass is 32.2. The molecule has 3 heterocycles. The normalized spacial score (nSPS) is 12.9. The zero-order chi connectivity index (χ0) is 33.3. The fraction of sp³-hybridized carbons (Fsp3) is 0.182. The van der Waals surface area contributed by atoms with Gasteiger partial charge in [0.25, 0.3) is 15.7 Å². The molecule has 0 aliphatic heterocycles. The van der Waals surface area contributed by atoms with Crippen LogP contribution in [-0.4, -0.2) is 47.4 Å². The monoisotopic (exact) mass is 655 g/mol. The van der Waals surface area contributed by atoms with E-state index in [0.717, 1.165) is 24.0 Å². The minimum atomic E-state index is -4.00. The molecule has 1 saturated carbocycles. The van der Waals surface area contributed by atoms with Crippen LogP contribution in [0.25, 0.3) is 27.8 Å². The van der Waals surface area contributed by atoms with Crippen molar-refractivity contribution in [2.75, 3.05) is 5.73 Å². The van der Waals surface area contributed by atoms with E-state index in [4.69, 9.17) is 10.3 Å². The number of rotatable bonds is 7. The standard InChI is InChI=1S/C27H24FN7O2.C6H6O3S/c1-34-13-15(12-30-34)9-23-31-25(33-27(29)32-23)19-3-2-4-22(20(19)14-36)35-8-7-17-10-18(16-5-6-16)11-21(28)24(17)26(35)37;7-10(8,9)6-4-2-1-3-5-6/h2-4,7-8,10-13,16,36H,5-6,9,14H2,1H3,(H2,29,31,32,33);1-5H,(H,7,8,9). The van der Waals surface area contributed by atoms with E-state index in [1.165, 1.54) is 22.8 Å². The van der Waals surface area contributed by atoms with Crippen molar-refractivity contribution in [1.82, 2.24) is 29.3 Å². The first kappa shape index (κ1) is 31.7. The Morgan fingerprint density at radius 2 is 1.79 bits per heavy atom. The average molecular weight is 656 g/mol. The lowest BCUT2D eigenvalue weighted by atomic mass is 10.0. The Morgan fingerprint density at radius 3 is 2.43 bits per heavy atom. The molecule has 0 amide bonds. The lowest BCUT2D eigenvalue weighted by Crippen LogP contribution is -2.20. The molecule has 0 radical (unpaired) electrons. The Labute approximate surface area is 268 Å². The number of nitrogens with two attached hydrogens (primary N) is 1. The second kappa shape index (κ2) is 12.8. The molecule has 12 nitrogen and oxygen atoms in total. The zero-order valence-electron chi connectivity index (χ0n) is 25.2. The van der Waals surface area contributed by atoms with Gasteiger partial charge in [0, 0.05) is 37.0 Å². The van der Waals surface area contributed by atoms with Crippen molar-refractivity contribution in [2.45, 2.75) is 36.7 Å². The molecule has 0 atom stereocenters. The van der Waals surface area contributed by atoms with Crippen LogP contribution in [0, 0.1) is 5.82 Å². The number of aryl methyl sites for hydroxylation is 1. The highest BCUT2D eigenvalue weighted by Gasteiger charge is 2.25. The third-order valence-electron chi connectivity index (χ3n) is 7.70. The zero-order valence-corrected chi connectivity index (χ0v) is 26.0. The molecule has 0 unspecified atom stereocenters. The Kier molecular flexibility index (Phi) is 8.64. The maximum Gasteiger partial charge on any atom is 0.294 e. The number of aromatic nitrogens is 6. The number of hydrogen-bond donors (Lipinski definition) is 3. The van der Waals surface area contributed by atoms with E-state index in [-0.39, 0.29) is 22.1 Å². The molecule has 14 heteroatoms. The van der Waals surface area contributed by atoms with E-state index in [1.807, 2.05) is 19.3 Å². The van der Waals surface area contributed by atoms with Crippen LogP contribution in [-0.2, 0) is 30.2 Å². The van der Waals surface area contributed by atoms with Gasteiger partial charge in [0.1, 0.15) is 11.6 Å². The van der Waals surface area contributed by atoms with Crippen LogP contribution in [0.4, 0.5) is 10.3 Å². The number of aliphatic hydroxyl groups excluding tert-OH is 1. The number of hydrogen-bond acceptors (Lipinski definition) is 9. The molecule has 1 aliphatic rings. The van der Waals surface area contributed by atoms with Gasteiger partial charge in [-0.05, 0) is 65.6 Å². The maximum atomic E-state index is 15.1. The minimum absolute atomic E-state index is 0.0179. The van der Waals surface area contributed by atoms with Gasteiger partial charge < -0.3 is 10.8 Å². The van der Waals surface area contributed by atoms with Gasteiger partial charge in [0.15, 0.2) is 5.82 Å². The first-order chi connectivity index (χ1) is 22.5. The van der Waals surface area contributed by atoms with Crippen LogP contribution in [0.15, 0.2) is 95.0 Å². The van der Waals surface area contributed by atoms with Crippen molar-refractivity contribution < 1.29 is 22.5 Å². The van der Waals surface area contributed by atoms with Crippen molar-refractivity contribution in [3.63, 3.8) is 0 Å². The van der Waals surface area contributed by atoms with Gasteiger partial charge in [0.2, 0.25) is 5.95 Å². The van der Waals surface area contributed by atoms with Crippen molar-refractivity contribution in [2.24, 2.45) is 7.05 Å². The summed E-state index contributed by atoms with van der Waals surface area (Å²) < 4.78 is 47.3. The average Bonchev–Trinajstić information content (AvgIpc) is 3.82. The molecule has 6 aromatic rings. The second-order valence-corrected chi connectivity index (χ2v) is 12.5. The SMILES string of the molecule is Cn1cc(Cc2nc(N)nc(-c3cccc(-n4ccc5cc(C6CC6)cc(F)c5c4=O)c3CO)n2)cn1.O=S(=O)(O)c1ccccc1. The van der Waals surface area contributed by atoms with Gasteiger partial charge in [-0.2, -0.15) is 23.5 Å². The highest BCUT2D eigenvalue weighted by molar-refractivity contribution is 7.85. The smallest absolute Gasteiger partial charge is 0.294 e. The number of anilines is 1. The summed E-state index contributed by atoms with van der Waals surface area (Å²) in [5, 5.41) is 15.1.